The quantitative estimate of drug-likeness (QED) is 0.710. The molecule has 0 aliphatic carbocycles. The first kappa shape index (κ1) is 14.4. The van der Waals surface area contributed by atoms with Gasteiger partial charge in [-0.3, -0.25) is 14.4 Å². The number of carbonyl (C=O) groups is 1. The SMILES string of the molecule is NCCn1cc(C(=O)NCC2CN3CCCC3CO2)nn1. The Morgan fingerprint density at radius 2 is 2.48 bits per heavy atom. The Bertz CT molecular complexity index is 491. The van der Waals surface area contributed by atoms with E-state index in [1.807, 2.05) is 0 Å². The predicted molar refractivity (Wildman–Crippen MR) is 75.7 cm³/mol. The Morgan fingerprint density at radius 1 is 1.57 bits per heavy atom. The first-order valence-electron chi connectivity index (χ1n) is 7.50. The summed E-state index contributed by atoms with van der Waals surface area (Å²) >= 11 is 0. The van der Waals surface area contributed by atoms with Gasteiger partial charge in [-0.1, -0.05) is 5.21 Å². The maximum absolute atomic E-state index is 12.0. The number of fused-ring (bicyclic) bond motifs is 1. The van der Waals surface area contributed by atoms with Gasteiger partial charge in [0, 0.05) is 25.7 Å². The monoisotopic (exact) mass is 294 g/mol. The Labute approximate surface area is 123 Å². The van der Waals surface area contributed by atoms with Gasteiger partial charge in [0.15, 0.2) is 5.69 Å². The average Bonchev–Trinajstić information content (AvgIpc) is 3.13. The van der Waals surface area contributed by atoms with Crippen molar-refractivity contribution >= 4 is 5.91 Å². The number of hydrogen-bond acceptors (Lipinski definition) is 6. The molecule has 3 N–H and O–H groups in total. The summed E-state index contributed by atoms with van der Waals surface area (Å²) in [6.07, 6.45) is 4.14. The number of ether oxygens (including phenoxy) is 1. The van der Waals surface area contributed by atoms with Crippen LogP contribution < -0.4 is 11.1 Å². The van der Waals surface area contributed by atoms with Crippen molar-refractivity contribution in [3.8, 4) is 0 Å². The zero-order valence-electron chi connectivity index (χ0n) is 12.1. The second-order valence-electron chi connectivity index (χ2n) is 5.61. The molecule has 2 aliphatic heterocycles. The molecule has 2 atom stereocenters. The van der Waals surface area contributed by atoms with Gasteiger partial charge in [0.2, 0.25) is 0 Å². The Balaban J connectivity index is 1.46. The minimum absolute atomic E-state index is 0.0578. The molecule has 8 heteroatoms. The van der Waals surface area contributed by atoms with Gasteiger partial charge in [-0.2, -0.15) is 0 Å². The van der Waals surface area contributed by atoms with Crippen molar-refractivity contribution in [3.05, 3.63) is 11.9 Å². The fourth-order valence-electron chi connectivity index (χ4n) is 2.95. The third kappa shape index (κ3) is 3.39. The van der Waals surface area contributed by atoms with Crippen molar-refractivity contribution in [2.75, 3.05) is 32.8 Å². The van der Waals surface area contributed by atoms with Crippen LogP contribution in [0.1, 0.15) is 23.3 Å². The van der Waals surface area contributed by atoms with Crippen LogP contribution in [-0.2, 0) is 11.3 Å². The molecule has 3 heterocycles. The van der Waals surface area contributed by atoms with E-state index in [-0.39, 0.29) is 12.0 Å². The highest BCUT2D eigenvalue weighted by Crippen LogP contribution is 2.22. The molecule has 2 unspecified atom stereocenters. The lowest BCUT2D eigenvalue weighted by atomic mass is 10.2. The van der Waals surface area contributed by atoms with E-state index in [1.54, 1.807) is 10.9 Å². The molecule has 0 bridgehead atoms. The minimum Gasteiger partial charge on any atom is -0.373 e. The van der Waals surface area contributed by atoms with E-state index in [2.05, 4.69) is 20.5 Å². The van der Waals surface area contributed by atoms with Crippen LogP contribution in [0, 0.1) is 0 Å². The molecule has 2 aliphatic rings. The van der Waals surface area contributed by atoms with Gasteiger partial charge >= 0.3 is 0 Å². The summed E-state index contributed by atoms with van der Waals surface area (Å²) in [5.41, 5.74) is 5.75. The topological polar surface area (TPSA) is 98.3 Å². The van der Waals surface area contributed by atoms with Gasteiger partial charge in [0.1, 0.15) is 0 Å². The van der Waals surface area contributed by atoms with Gasteiger partial charge in [0.05, 0.1) is 25.5 Å². The third-order valence-electron chi connectivity index (χ3n) is 4.08. The second-order valence-corrected chi connectivity index (χ2v) is 5.61. The molecule has 116 valence electrons. The smallest absolute Gasteiger partial charge is 0.273 e. The van der Waals surface area contributed by atoms with Gasteiger partial charge in [-0.05, 0) is 19.4 Å². The summed E-state index contributed by atoms with van der Waals surface area (Å²) in [6.45, 7) is 4.34. The molecule has 21 heavy (non-hydrogen) atoms. The summed E-state index contributed by atoms with van der Waals surface area (Å²) in [5, 5.41) is 10.6. The maximum Gasteiger partial charge on any atom is 0.273 e. The molecule has 3 rings (SSSR count). The van der Waals surface area contributed by atoms with E-state index in [0.29, 0.717) is 31.4 Å². The average molecular weight is 294 g/mol. The second kappa shape index (κ2) is 6.50. The Kier molecular flexibility index (Phi) is 4.47. The molecule has 1 amide bonds. The van der Waals surface area contributed by atoms with Crippen LogP contribution in [0.2, 0.25) is 0 Å². The standard InChI is InChI=1S/C13H22N6O2/c14-3-5-19-8-12(16-17-19)13(20)15-6-11-7-18-4-1-2-10(18)9-21-11/h8,10-11H,1-7,9,14H2,(H,15,20). The molecule has 1 aromatic heterocycles. The van der Waals surface area contributed by atoms with Crippen LogP contribution in [0.3, 0.4) is 0 Å². The zero-order valence-corrected chi connectivity index (χ0v) is 12.1. The number of hydrogen-bond donors (Lipinski definition) is 2. The Hall–Kier alpha value is -1.51. The van der Waals surface area contributed by atoms with Crippen molar-refractivity contribution < 1.29 is 9.53 Å². The molecule has 0 aromatic carbocycles. The van der Waals surface area contributed by atoms with E-state index in [9.17, 15) is 4.79 Å². The maximum atomic E-state index is 12.0. The molecule has 2 fully saturated rings. The van der Waals surface area contributed by atoms with E-state index in [1.165, 1.54) is 12.8 Å². The lowest BCUT2D eigenvalue weighted by molar-refractivity contribution is -0.0462. The van der Waals surface area contributed by atoms with Crippen LogP contribution in [0.4, 0.5) is 0 Å². The van der Waals surface area contributed by atoms with Crippen molar-refractivity contribution in [1.82, 2.24) is 25.2 Å². The van der Waals surface area contributed by atoms with Crippen LogP contribution in [-0.4, -0.2) is 70.7 Å². The number of nitrogens with zero attached hydrogens (tertiary/aromatic N) is 4. The number of morpholine rings is 1. The van der Waals surface area contributed by atoms with Crippen molar-refractivity contribution in [3.63, 3.8) is 0 Å². The lowest BCUT2D eigenvalue weighted by Crippen LogP contribution is -2.50. The van der Waals surface area contributed by atoms with Gasteiger partial charge < -0.3 is 15.8 Å². The molecule has 0 saturated carbocycles. The van der Waals surface area contributed by atoms with Crippen LogP contribution in [0.15, 0.2) is 6.20 Å². The van der Waals surface area contributed by atoms with Crippen LogP contribution in [0.5, 0.6) is 0 Å². The van der Waals surface area contributed by atoms with E-state index < -0.39 is 0 Å². The number of amides is 1. The Morgan fingerprint density at radius 3 is 3.33 bits per heavy atom. The molecular formula is C13H22N6O2. The number of aromatic nitrogens is 3. The largest absolute Gasteiger partial charge is 0.373 e. The fraction of sp³-hybridized carbons (Fsp3) is 0.769. The number of carbonyl (C=O) groups excluding carboxylic acids is 1. The van der Waals surface area contributed by atoms with Crippen molar-refractivity contribution in [2.24, 2.45) is 5.73 Å². The summed E-state index contributed by atoms with van der Waals surface area (Å²) in [6, 6.07) is 0.577. The summed E-state index contributed by atoms with van der Waals surface area (Å²) in [4.78, 5) is 14.5. The summed E-state index contributed by atoms with van der Waals surface area (Å²) < 4.78 is 7.38. The molecule has 0 spiro atoms. The fourth-order valence-corrected chi connectivity index (χ4v) is 2.95. The van der Waals surface area contributed by atoms with Crippen LogP contribution >= 0.6 is 0 Å². The van der Waals surface area contributed by atoms with E-state index in [0.717, 1.165) is 19.7 Å². The normalized spacial score (nSPS) is 25.8. The third-order valence-corrected chi connectivity index (χ3v) is 4.08. The highest BCUT2D eigenvalue weighted by molar-refractivity contribution is 5.91. The van der Waals surface area contributed by atoms with Gasteiger partial charge in [0.25, 0.3) is 5.91 Å². The van der Waals surface area contributed by atoms with Crippen molar-refractivity contribution in [1.29, 1.82) is 0 Å². The highest BCUT2D eigenvalue weighted by atomic mass is 16.5. The molecule has 2 saturated heterocycles. The van der Waals surface area contributed by atoms with E-state index in [4.69, 9.17) is 10.5 Å². The first-order valence-corrected chi connectivity index (χ1v) is 7.50. The van der Waals surface area contributed by atoms with Gasteiger partial charge in [-0.25, -0.2) is 0 Å². The first-order chi connectivity index (χ1) is 10.3. The zero-order chi connectivity index (χ0) is 14.7. The molecule has 0 radical (unpaired) electrons. The number of nitrogens with two attached hydrogens (primary N) is 1. The minimum atomic E-state index is -0.217. The predicted octanol–water partition coefficient (Wildman–Crippen LogP) is -1.17. The summed E-state index contributed by atoms with van der Waals surface area (Å²) in [7, 11) is 0. The molecular weight excluding hydrogens is 272 g/mol. The number of rotatable bonds is 5. The van der Waals surface area contributed by atoms with E-state index >= 15 is 0 Å². The van der Waals surface area contributed by atoms with Crippen LogP contribution in [0.25, 0.3) is 0 Å². The highest BCUT2D eigenvalue weighted by Gasteiger charge is 2.32. The molecule has 8 nitrogen and oxygen atoms in total. The van der Waals surface area contributed by atoms with Gasteiger partial charge in [-0.15, -0.1) is 5.10 Å². The number of nitrogens with one attached hydrogen (secondary N) is 1. The van der Waals surface area contributed by atoms with Crippen molar-refractivity contribution in [2.45, 2.75) is 31.5 Å². The lowest BCUT2D eigenvalue weighted by Gasteiger charge is -2.35. The summed E-state index contributed by atoms with van der Waals surface area (Å²) in [5.74, 6) is -0.217. The molecule has 1 aromatic rings.